The second-order valence-corrected chi connectivity index (χ2v) is 9.08. The van der Waals surface area contributed by atoms with Crippen LogP contribution >= 0.6 is 27.5 Å². The van der Waals surface area contributed by atoms with E-state index in [1.807, 2.05) is 39.0 Å². The van der Waals surface area contributed by atoms with Gasteiger partial charge in [0.25, 0.3) is 5.56 Å². The van der Waals surface area contributed by atoms with Gasteiger partial charge >= 0.3 is 0 Å². The summed E-state index contributed by atoms with van der Waals surface area (Å²) in [6.07, 6.45) is 5.00. The Labute approximate surface area is 207 Å². The zero-order valence-electron chi connectivity index (χ0n) is 19.4. The molecule has 6 nitrogen and oxygen atoms in total. The highest BCUT2D eigenvalue weighted by Crippen LogP contribution is 2.37. The summed E-state index contributed by atoms with van der Waals surface area (Å²) >= 11 is 9.96. The van der Waals surface area contributed by atoms with Crippen molar-refractivity contribution in [3.05, 3.63) is 61.6 Å². The quantitative estimate of drug-likeness (QED) is 0.274. The van der Waals surface area contributed by atoms with Crippen LogP contribution in [0.15, 0.2) is 44.7 Å². The molecular formula is C25H29BrClN3O3. The van der Waals surface area contributed by atoms with Crippen molar-refractivity contribution in [2.75, 3.05) is 6.61 Å². The molecule has 0 saturated heterocycles. The number of unbranched alkanes of at least 4 members (excludes halogenated alkanes) is 1. The van der Waals surface area contributed by atoms with Gasteiger partial charge in [0.2, 0.25) is 0 Å². The van der Waals surface area contributed by atoms with Crippen LogP contribution in [0.1, 0.15) is 58.3 Å². The van der Waals surface area contributed by atoms with E-state index in [-0.39, 0.29) is 11.7 Å². The Hall–Kier alpha value is -2.38. The molecule has 33 heavy (non-hydrogen) atoms. The summed E-state index contributed by atoms with van der Waals surface area (Å²) in [5, 5.41) is 5.44. The molecule has 0 spiro atoms. The average molecular weight is 535 g/mol. The van der Waals surface area contributed by atoms with Gasteiger partial charge in [0, 0.05) is 10.9 Å². The molecule has 0 saturated carbocycles. The lowest BCUT2D eigenvalue weighted by Gasteiger charge is -2.18. The van der Waals surface area contributed by atoms with Crippen molar-refractivity contribution in [1.82, 2.24) is 9.66 Å². The van der Waals surface area contributed by atoms with Gasteiger partial charge in [-0.25, -0.2) is 4.98 Å². The third-order valence-corrected chi connectivity index (χ3v) is 5.95. The number of fused-ring (bicyclic) bond motifs is 1. The summed E-state index contributed by atoms with van der Waals surface area (Å²) in [4.78, 5) is 18.0. The molecule has 8 heteroatoms. The van der Waals surface area contributed by atoms with E-state index in [0.29, 0.717) is 51.8 Å². The van der Waals surface area contributed by atoms with Crippen molar-refractivity contribution in [3.8, 4) is 11.5 Å². The molecule has 0 unspecified atom stereocenters. The summed E-state index contributed by atoms with van der Waals surface area (Å²) in [7, 11) is 0. The van der Waals surface area contributed by atoms with Crippen molar-refractivity contribution in [1.29, 1.82) is 0 Å². The maximum Gasteiger partial charge on any atom is 0.282 e. The second kappa shape index (κ2) is 11.7. The minimum atomic E-state index is -0.212. The molecule has 1 heterocycles. The molecule has 0 amide bonds. The van der Waals surface area contributed by atoms with E-state index in [2.05, 4.69) is 28.0 Å². The molecule has 176 valence electrons. The molecule has 1 atom stereocenters. The standard InChI is InChI=1S/C25H29BrClN3O3/c1-5-8-9-23-29-21-11-10-18(26)14-19(21)25(31)30(23)28-15-17-12-20(27)24(33-16(4)6-2)22(13-17)32-7-3/h10-16H,5-9H2,1-4H3/t16-/m0/s1. The van der Waals surface area contributed by atoms with Gasteiger partial charge in [-0.1, -0.05) is 47.8 Å². The first-order valence-electron chi connectivity index (χ1n) is 11.3. The van der Waals surface area contributed by atoms with Gasteiger partial charge in [-0.05, 0) is 62.6 Å². The first kappa shape index (κ1) is 25.2. The van der Waals surface area contributed by atoms with Crippen molar-refractivity contribution < 1.29 is 9.47 Å². The monoisotopic (exact) mass is 533 g/mol. The number of ether oxygens (including phenoxy) is 2. The third-order valence-electron chi connectivity index (χ3n) is 5.18. The highest BCUT2D eigenvalue weighted by molar-refractivity contribution is 9.10. The van der Waals surface area contributed by atoms with Gasteiger partial charge in [-0.3, -0.25) is 4.79 Å². The number of nitrogens with zero attached hydrogens (tertiary/aromatic N) is 3. The molecule has 1 aromatic heterocycles. The Morgan fingerprint density at radius 1 is 1.24 bits per heavy atom. The number of benzene rings is 2. The van der Waals surface area contributed by atoms with Crippen LogP contribution in [-0.4, -0.2) is 28.6 Å². The highest BCUT2D eigenvalue weighted by Gasteiger charge is 2.15. The fourth-order valence-electron chi connectivity index (χ4n) is 3.26. The maximum absolute atomic E-state index is 13.2. The average Bonchev–Trinajstić information content (AvgIpc) is 2.79. The van der Waals surface area contributed by atoms with Crippen LogP contribution in [-0.2, 0) is 6.42 Å². The van der Waals surface area contributed by atoms with E-state index in [1.54, 1.807) is 18.3 Å². The van der Waals surface area contributed by atoms with E-state index in [0.717, 1.165) is 23.7 Å². The minimum absolute atomic E-state index is 0.00363. The Balaban J connectivity index is 2.07. The van der Waals surface area contributed by atoms with Crippen LogP contribution in [0, 0.1) is 0 Å². The zero-order chi connectivity index (χ0) is 24.0. The number of hydrogen-bond donors (Lipinski definition) is 0. The van der Waals surface area contributed by atoms with Gasteiger partial charge in [-0.2, -0.15) is 9.78 Å². The van der Waals surface area contributed by atoms with E-state index in [9.17, 15) is 4.79 Å². The van der Waals surface area contributed by atoms with Crippen molar-refractivity contribution in [2.45, 2.75) is 59.5 Å². The summed E-state index contributed by atoms with van der Waals surface area (Å²) in [6, 6.07) is 9.07. The fraction of sp³-hybridized carbons (Fsp3) is 0.400. The molecule has 0 aliphatic carbocycles. The summed E-state index contributed by atoms with van der Waals surface area (Å²) in [5.74, 6) is 1.69. The number of hydrogen-bond acceptors (Lipinski definition) is 5. The smallest absolute Gasteiger partial charge is 0.282 e. The molecule has 3 rings (SSSR count). The van der Waals surface area contributed by atoms with E-state index < -0.39 is 0 Å². The number of aryl methyl sites for hydroxylation is 1. The van der Waals surface area contributed by atoms with Crippen LogP contribution in [0.25, 0.3) is 10.9 Å². The number of rotatable bonds is 10. The number of aromatic nitrogens is 2. The van der Waals surface area contributed by atoms with Crippen LogP contribution < -0.4 is 15.0 Å². The summed E-state index contributed by atoms with van der Waals surface area (Å²) < 4.78 is 13.9. The largest absolute Gasteiger partial charge is 0.490 e. The lowest BCUT2D eigenvalue weighted by atomic mass is 10.2. The molecule has 0 fully saturated rings. The Bertz CT molecular complexity index is 1210. The topological polar surface area (TPSA) is 65.7 Å². The van der Waals surface area contributed by atoms with Crippen LogP contribution in [0.5, 0.6) is 11.5 Å². The fourth-order valence-corrected chi connectivity index (χ4v) is 3.88. The van der Waals surface area contributed by atoms with Crippen molar-refractivity contribution >= 4 is 44.6 Å². The van der Waals surface area contributed by atoms with E-state index in [4.69, 9.17) is 26.1 Å². The molecule has 0 N–H and O–H groups in total. The predicted octanol–water partition coefficient (Wildman–Crippen LogP) is 6.61. The maximum atomic E-state index is 13.2. The van der Waals surface area contributed by atoms with Gasteiger partial charge < -0.3 is 9.47 Å². The second-order valence-electron chi connectivity index (χ2n) is 7.75. The molecule has 0 aliphatic rings. The summed E-state index contributed by atoms with van der Waals surface area (Å²) in [6.45, 7) is 8.50. The van der Waals surface area contributed by atoms with Crippen molar-refractivity contribution in [2.24, 2.45) is 5.10 Å². The first-order chi connectivity index (χ1) is 15.9. The SMILES string of the molecule is CCCCc1nc2ccc(Br)cc2c(=O)n1N=Cc1cc(Cl)c(O[C@@H](C)CC)c(OCC)c1. The Morgan fingerprint density at radius 3 is 2.73 bits per heavy atom. The van der Waals surface area contributed by atoms with Crippen molar-refractivity contribution in [3.63, 3.8) is 0 Å². The normalized spacial score (nSPS) is 12.4. The summed E-state index contributed by atoms with van der Waals surface area (Å²) in [5.41, 5.74) is 1.15. The lowest BCUT2D eigenvalue weighted by Crippen LogP contribution is -2.22. The van der Waals surface area contributed by atoms with E-state index >= 15 is 0 Å². The molecular weight excluding hydrogens is 506 g/mol. The highest BCUT2D eigenvalue weighted by atomic mass is 79.9. The van der Waals surface area contributed by atoms with Gasteiger partial charge in [0.15, 0.2) is 11.5 Å². The molecule has 0 bridgehead atoms. The van der Waals surface area contributed by atoms with Gasteiger partial charge in [-0.15, -0.1) is 0 Å². The molecule has 2 aromatic carbocycles. The Morgan fingerprint density at radius 2 is 2.03 bits per heavy atom. The molecule has 3 aromatic rings. The van der Waals surface area contributed by atoms with Crippen LogP contribution in [0.2, 0.25) is 5.02 Å². The lowest BCUT2D eigenvalue weighted by molar-refractivity contribution is 0.203. The molecule has 0 radical (unpaired) electrons. The Kier molecular flexibility index (Phi) is 8.92. The molecule has 0 aliphatic heterocycles. The predicted molar refractivity (Wildman–Crippen MR) is 138 cm³/mol. The van der Waals surface area contributed by atoms with Gasteiger partial charge in [0.1, 0.15) is 5.82 Å². The van der Waals surface area contributed by atoms with Gasteiger partial charge in [0.05, 0.1) is 34.9 Å². The van der Waals surface area contributed by atoms with Crippen LogP contribution in [0.4, 0.5) is 0 Å². The first-order valence-corrected chi connectivity index (χ1v) is 12.4. The zero-order valence-corrected chi connectivity index (χ0v) is 21.7. The third kappa shape index (κ3) is 6.15. The van der Waals surface area contributed by atoms with Crippen LogP contribution in [0.3, 0.4) is 0 Å². The number of halogens is 2. The van der Waals surface area contributed by atoms with E-state index in [1.165, 1.54) is 4.68 Å². The minimum Gasteiger partial charge on any atom is -0.490 e.